The summed E-state index contributed by atoms with van der Waals surface area (Å²) in [4.78, 5) is 24.9. The summed E-state index contributed by atoms with van der Waals surface area (Å²) < 4.78 is 6.42. The van der Waals surface area contributed by atoms with Crippen LogP contribution in [0, 0.1) is 0 Å². The van der Waals surface area contributed by atoms with Gasteiger partial charge < -0.3 is 15.4 Å². The number of ether oxygens (including phenoxy) is 1. The van der Waals surface area contributed by atoms with Crippen molar-refractivity contribution in [1.82, 2.24) is 14.7 Å². The van der Waals surface area contributed by atoms with Crippen molar-refractivity contribution in [1.29, 1.82) is 0 Å². The maximum atomic E-state index is 11.7. The molecular weight excluding hydrogens is 248 g/mol. The van der Waals surface area contributed by atoms with Crippen LogP contribution in [-0.2, 0) is 11.3 Å². The topological polar surface area (TPSA) is 90.4 Å². The average Bonchev–Trinajstić information content (AvgIpc) is 2.41. The fourth-order valence-electron chi connectivity index (χ4n) is 1.31. The number of hydrogen-bond acceptors (Lipinski definition) is 5. The van der Waals surface area contributed by atoms with E-state index in [0.29, 0.717) is 31.9 Å². The largest absolute Gasteiger partial charge is 0.492 e. The van der Waals surface area contributed by atoms with Crippen molar-refractivity contribution in [2.24, 2.45) is 5.73 Å². The molecule has 0 atom stereocenters. The summed E-state index contributed by atoms with van der Waals surface area (Å²) in [5, 5.41) is 3.91. The van der Waals surface area contributed by atoms with Crippen molar-refractivity contribution >= 4 is 5.91 Å². The van der Waals surface area contributed by atoms with E-state index in [1.165, 1.54) is 17.2 Å². The van der Waals surface area contributed by atoms with E-state index in [0.717, 1.165) is 4.68 Å². The van der Waals surface area contributed by atoms with Crippen LogP contribution in [0.3, 0.4) is 0 Å². The highest BCUT2D eigenvalue weighted by Crippen LogP contribution is 2.03. The number of hydrogen-bond donors (Lipinski definition) is 1. The Morgan fingerprint density at radius 1 is 1.58 bits per heavy atom. The fraction of sp³-hybridized carbons (Fsp3) is 0.583. The summed E-state index contributed by atoms with van der Waals surface area (Å²) in [7, 11) is 1.68. The van der Waals surface area contributed by atoms with Gasteiger partial charge in [-0.2, -0.15) is 5.10 Å². The molecule has 106 valence electrons. The van der Waals surface area contributed by atoms with Gasteiger partial charge in [0.05, 0.1) is 12.8 Å². The predicted molar refractivity (Wildman–Crippen MR) is 71.0 cm³/mol. The third-order valence-electron chi connectivity index (χ3n) is 2.65. The molecule has 0 aliphatic heterocycles. The Bertz CT molecular complexity index is 472. The molecule has 1 aromatic rings. The third-order valence-corrected chi connectivity index (χ3v) is 2.65. The van der Waals surface area contributed by atoms with Gasteiger partial charge in [0, 0.05) is 19.7 Å². The first kappa shape index (κ1) is 15.2. The van der Waals surface area contributed by atoms with Crippen LogP contribution in [-0.4, -0.2) is 47.3 Å². The van der Waals surface area contributed by atoms with Crippen LogP contribution in [0.15, 0.2) is 17.1 Å². The van der Waals surface area contributed by atoms with E-state index in [1.54, 1.807) is 7.05 Å². The smallest absolute Gasteiger partial charge is 0.270 e. The standard InChI is InChI=1S/C12H20N4O3/c1-3-15(2)12(18)9-16-11(17)7-10(8-14-16)19-6-4-5-13/h7-8H,3-6,9,13H2,1-2H3. The van der Waals surface area contributed by atoms with Crippen molar-refractivity contribution in [3.63, 3.8) is 0 Å². The quantitative estimate of drug-likeness (QED) is 0.670. The van der Waals surface area contributed by atoms with E-state index >= 15 is 0 Å². The molecule has 19 heavy (non-hydrogen) atoms. The Hall–Kier alpha value is -1.89. The lowest BCUT2D eigenvalue weighted by atomic mass is 10.4. The second kappa shape index (κ2) is 7.52. The second-order valence-electron chi connectivity index (χ2n) is 4.09. The predicted octanol–water partition coefficient (Wildman–Crippen LogP) is -0.551. The van der Waals surface area contributed by atoms with Gasteiger partial charge in [0.15, 0.2) is 0 Å². The molecule has 0 radical (unpaired) electrons. The first-order chi connectivity index (χ1) is 9.08. The average molecular weight is 268 g/mol. The van der Waals surface area contributed by atoms with E-state index < -0.39 is 0 Å². The van der Waals surface area contributed by atoms with Crippen LogP contribution in [0.25, 0.3) is 0 Å². The minimum Gasteiger partial charge on any atom is -0.492 e. The van der Waals surface area contributed by atoms with Gasteiger partial charge in [-0.3, -0.25) is 9.59 Å². The van der Waals surface area contributed by atoms with E-state index in [9.17, 15) is 9.59 Å². The van der Waals surface area contributed by atoms with Crippen molar-refractivity contribution in [3.8, 4) is 5.75 Å². The van der Waals surface area contributed by atoms with Crippen LogP contribution < -0.4 is 16.0 Å². The molecule has 0 saturated heterocycles. The molecule has 1 heterocycles. The first-order valence-electron chi connectivity index (χ1n) is 6.22. The van der Waals surface area contributed by atoms with Crippen LogP contribution in [0.5, 0.6) is 5.75 Å². The SMILES string of the molecule is CCN(C)C(=O)Cn1ncc(OCCCN)cc1=O. The second-order valence-corrected chi connectivity index (χ2v) is 4.09. The zero-order chi connectivity index (χ0) is 14.3. The molecule has 2 N–H and O–H groups in total. The van der Waals surface area contributed by atoms with Crippen LogP contribution in [0.1, 0.15) is 13.3 Å². The van der Waals surface area contributed by atoms with Gasteiger partial charge in [-0.15, -0.1) is 0 Å². The molecule has 1 rings (SSSR count). The van der Waals surface area contributed by atoms with E-state index in [1.807, 2.05) is 6.92 Å². The van der Waals surface area contributed by atoms with E-state index in [2.05, 4.69) is 5.10 Å². The summed E-state index contributed by atoms with van der Waals surface area (Å²) in [6.45, 7) is 3.37. The molecule has 0 fully saturated rings. The lowest BCUT2D eigenvalue weighted by Gasteiger charge is -2.14. The Morgan fingerprint density at radius 2 is 2.32 bits per heavy atom. The van der Waals surface area contributed by atoms with Crippen molar-refractivity contribution < 1.29 is 9.53 Å². The van der Waals surface area contributed by atoms with Gasteiger partial charge in [-0.1, -0.05) is 0 Å². The van der Waals surface area contributed by atoms with Gasteiger partial charge in [-0.25, -0.2) is 4.68 Å². The molecule has 7 nitrogen and oxygen atoms in total. The lowest BCUT2D eigenvalue weighted by Crippen LogP contribution is -2.34. The number of amides is 1. The Morgan fingerprint density at radius 3 is 2.89 bits per heavy atom. The number of nitrogens with zero attached hydrogens (tertiary/aromatic N) is 3. The Balaban J connectivity index is 2.67. The number of rotatable bonds is 7. The van der Waals surface area contributed by atoms with E-state index in [-0.39, 0.29) is 18.0 Å². The maximum Gasteiger partial charge on any atom is 0.270 e. The summed E-state index contributed by atoms with van der Waals surface area (Å²) in [6.07, 6.45) is 2.14. The zero-order valence-corrected chi connectivity index (χ0v) is 11.3. The van der Waals surface area contributed by atoms with Crippen molar-refractivity contribution in [2.75, 3.05) is 26.7 Å². The van der Waals surface area contributed by atoms with Crippen LogP contribution >= 0.6 is 0 Å². The summed E-state index contributed by atoms with van der Waals surface area (Å²) >= 11 is 0. The summed E-state index contributed by atoms with van der Waals surface area (Å²) in [5.74, 6) is 0.236. The molecule has 0 unspecified atom stereocenters. The minimum absolute atomic E-state index is 0.0632. The highest BCUT2D eigenvalue weighted by Gasteiger charge is 2.10. The number of aromatic nitrogens is 2. The zero-order valence-electron chi connectivity index (χ0n) is 11.3. The number of nitrogens with two attached hydrogens (primary N) is 1. The van der Waals surface area contributed by atoms with Crippen LogP contribution in [0.4, 0.5) is 0 Å². The third kappa shape index (κ3) is 4.70. The molecule has 7 heteroatoms. The van der Waals surface area contributed by atoms with Crippen molar-refractivity contribution in [3.05, 3.63) is 22.6 Å². The normalized spacial score (nSPS) is 10.3. The Labute approximate surface area is 112 Å². The van der Waals surface area contributed by atoms with Crippen molar-refractivity contribution in [2.45, 2.75) is 19.9 Å². The molecular formula is C12H20N4O3. The minimum atomic E-state index is -0.358. The van der Waals surface area contributed by atoms with Gasteiger partial charge in [0.1, 0.15) is 12.3 Å². The molecule has 1 amide bonds. The molecule has 0 saturated carbocycles. The van der Waals surface area contributed by atoms with Crippen LogP contribution in [0.2, 0.25) is 0 Å². The highest BCUT2D eigenvalue weighted by atomic mass is 16.5. The monoisotopic (exact) mass is 268 g/mol. The summed E-state index contributed by atoms with van der Waals surface area (Å²) in [6, 6.07) is 1.32. The van der Waals surface area contributed by atoms with Gasteiger partial charge in [-0.05, 0) is 19.9 Å². The molecule has 0 aliphatic carbocycles. The molecule has 0 bridgehead atoms. The fourth-order valence-corrected chi connectivity index (χ4v) is 1.31. The highest BCUT2D eigenvalue weighted by molar-refractivity contribution is 5.75. The molecule has 0 aromatic carbocycles. The maximum absolute atomic E-state index is 11.7. The number of carbonyl (C=O) groups excluding carboxylic acids is 1. The summed E-state index contributed by atoms with van der Waals surface area (Å²) in [5.41, 5.74) is 4.98. The Kier molecular flexibility index (Phi) is 6.01. The van der Waals surface area contributed by atoms with E-state index in [4.69, 9.17) is 10.5 Å². The molecule has 1 aromatic heterocycles. The van der Waals surface area contributed by atoms with Gasteiger partial charge in [0.25, 0.3) is 5.56 Å². The molecule has 0 aliphatic rings. The van der Waals surface area contributed by atoms with Gasteiger partial charge >= 0.3 is 0 Å². The number of likely N-dealkylation sites (N-methyl/N-ethyl adjacent to an activating group) is 1. The molecule has 0 spiro atoms. The first-order valence-corrected chi connectivity index (χ1v) is 6.22. The lowest BCUT2D eigenvalue weighted by molar-refractivity contribution is -0.130. The van der Waals surface area contributed by atoms with Gasteiger partial charge in [0.2, 0.25) is 5.91 Å². The number of carbonyl (C=O) groups is 1.